The number of rotatable bonds is 7. The Morgan fingerprint density at radius 1 is 1.31 bits per heavy atom. The Bertz CT molecular complexity index is 649. The smallest absolute Gasteiger partial charge is 0.319 e. The number of thioether (sulfide) groups is 1. The molecule has 1 saturated carbocycles. The molecule has 0 aromatic heterocycles. The lowest BCUT2D eigenvalue weighted by Gasteiger charge is -2.29. The minimum atomic E-state index is -0.516. The number of nitro benzene ring substituents is 1. The number of amides is 1. The van der Waals surface area contributed by atoms with Crippen molar-refractivity contribution >= 4 is 29.3 Å². The van der Waals surface area contributed by atoms with Gasteiger partial charge in [-0.2, -0.15) is 0 Å². The number of non-ortho nitro benzene ring substituents is 1. The van der Waals surface area contributed by atoms with Gasteiger partial charge in [-0.3, -0.25) is 19.7 Å². The monoisotopic (exact) mass is 380 g/mol. The zero-order valence-corrected chi connectivity index (χ0v) is 15.8. The molecule has 1 fully saturated rings. The molecule has 0 saturated heterocycles. The predicted octanol–water partition coefficient (Wildman–Crippen LogP) is 3.31. The van der Waals surface area contributed by atoms with Crippen LogP contribution in [0.4, 0.5) is 5.69 Å². The molecule has 26 heavy (non-hydrogen) atoms. The van der Waals surface area contributed by atoms with Gasteiger partial charge in [0.05, 0.1) is 4.92 Å². The highest BCUT2D eigenvalue weighted by Crippen LogP contribution is 2.26. The van der Waals surface area contributed by atoms with Crippen LogP contribution in [0.5, 0.6) is 0 Å². The van der Waals surface area contributed by atoms with E-state index < -0.39 is 16.1 Å². The fraction of sp³-hybridized carbons (Fsp3) is 0.556. The van der Waals surface area contributed by atoms with Gasteiger partial charge >= 0.3 is 5.97 Å². The first-order chi connectivity index (χ1) is 12.4. The van der Waals surface area contributed by atoms with E-state index >= 15 is 0 Å². The van der Waals surface area contributed by atoms with Gasteiger partial charge in [0.1, 0.15) is 5.25 Å². The molecule has 1 aliphatic carbocycles. The van der Waals surface area contributed by atoms with Gasteiger partial charge in [0.2, 0.25) is 0 Å². The van der Waals surface area contributed by atoms with Gasteiger partial charge in [0.15, 0.2) is 6.61 Å². The highest BCUT2D eigenvalue weighted by atomic mass is 32.2. The second kappa shape index (κ2) is 9.56. The number of nitrogens with zero attached hydrogens (tertiary/aromatic N) is 1. The number of benzene rings is 1. The third-order valence-corrected chi connectivity index (χ3v) is 5.59. The number of hydrogen-bond donors (Lipinski definition) is 1. The summed E-state index contributed by atoms with van der Waals surface area (Å²) in [7, 11) is 0. The second-order valence-electron chi connectivity index (χ2n) is 6.55. The van der Waals surface area contributed by atoms with Crippen LogP contribution in [0.3, 0.4) is 0 Å². The Morgan fingerprint density at radius 3 is 2.58 bits per heavy atom. The van der Waals surface area contributed by atoms with E-state index in [0.29, 0.717) is 5.92 Å². The molecule has 142 valence electrons. The topological polar surface area (TPSA) is 98.5 Å². The molecule has 0 heterocycles. The quantitative estimate of drug-likeness (QED) is 0.337. The van der Waals surface area contributed by atoms with Crippen molar-refractivity contribution in [3.8, 4) is 0 Å². The fourth-order valence-corrected chi connectivity index (χ4v) is 3.80. The largest absolute Gasteiger partial charge is 0.455 e. The molecule has 0 radical (unpaired) electrons. The molecule has 1 aromatic rings. The molecule has 1 aromatic carbocycles. The third-order valence-electron chi connectivity index (χ3n) is 4.50. The van der Waals surface area contributed by atoms with Gasteiger partial charge < -0.3 is 10.1 Å². The number of carbonyl (C=O) groups excluding carboxylic acids is 2. The van der Waals surface area contributed by atoms with Crippen molar-refractivity contribution in [3.05, 3.63) is 34.4 Å². The highest BCUT2D eigenvalue weighted by Gasteiger charge is 2.24. The number of carbonyl (C=O) groups is 2. The van der Waals surface area contributed by atoms with Gasteiger partial charge in [0.25, 0.3) is 11.6 Å². The van der Waals surface area contributed by atoms with E-state index in [0.717, 1.165) is 24.2 Å². The maximum atomic E-state index is 12.1. The molecular formula is C18H24N2O5S. The van der Waals surface area contributed by atoms with Crippen molar-refractivity contribution in [2.75, 3.05) is 6.61 Å². The van der Waals surface area contributed by atoms with Crippen LogP contribution in [-0.4, -0.2) is 34.7 Å². The highest BCUT2D eigenvalue weighted by molar-refractivity contribution is 8.00. The van der Waals surface area contributed by atoms with E-state index in [1.165, 1.54) is 30.3 Å². The molecule has 8 heteroatoms. The summed E-state index contributed by atoms with van der Waals surface area (Å²) in [6.45, 7) is 3.52. The van der Waals surface area contributed by atoms with Crippen LogP contribution in [0.1, 0.15) is 39.5 Å². The molecule has 1 amide bonds. The average Bonchev–Trinajstić information content (AvgIpc) is 2.62. The van der Waals surface area contributed by atoms with Crippen molar-refractivity contribution in [3.63, 3.8) is 0 Å². The summed E-state index contributed by atoms with van der Waals surface area (Å²) >= 11 is 1.23. The molecule has 1 N–H and O–H groups in total. The van der Waals surface area contributed by atoms with Gasteiger partial charge in [-0.15, -0.1) is 11.8 Å². The number of esters is 1. The number of hydrogen-bond acceptors (Lipinski definition) is 6. The summed E-state index contributed by atoms with van der Waals surface area (Å²) in [4.78, 5) is 34.9. The second-order valence-corrected chi connectivity index (χ2v) is 7.97. The lowest BCUT2D eigenvalue weighted by atomic mass is 9.86. The number of nitro groups is 1. The van der Waals surface area contributed by atoms with Crippen molar-refractivity contribution in [1.29, 1.82) is 0 Å². The van der Waals surface area contributed by atoms with Crippen LogP contribution in [-0.2, 0) is 14.3 Å². The molecule has 2 rings (SSSR count). The predicted molar refractivity (Wildman–Crippen MR) is 98.9 cm³/mol. The average molecular weight is 380 g/mol. The number of ether oxygens (including phenoxy) is 1. The van der Waals surface area contributed by atoms with Crippen molar-refractivity contribution in [2.45, 2.75) is 55.7 Å². The normalized spacial score (nSPS) is 20.8. The zero-order chi connectivity index (χ0) is 19.1. The van der Waals surface area contributed by atoms with Crippen molar-refractivity contribution in [1.82, 2.24) is 5.32 Å². The van der Waals surface area contributed by atoms with Crippen LogP contribution in [0, 0.1) is 16.0 Å². The molecule has 0 bridgehead atoms. The van der Waals surface area contributed by atoms with Crippen molar-refractivity contribution < 1.29 is 19.2 Å². The molecule has 7 nitrogen and oxygen atoms in total. The Morgan fingerprint density at radius 2 is 1.96 bits per heavy atom. The maximum absolute atomic E-state index is 12.1. The van der Waals surface area contributed by atoms with Crippen molar-refractivity contribution in [2.24, 2.45) is 5.92 Å². The number of nitrogens with one attached hydrogen (secondary N) is 1. The van der Waals surface area contributed by atoms with E-state index in [1.807, 2.05) is 0 Å². The minimum absolute atomic E-state index is 0.00167. The van der Waals surface area contributed by atoms with Gasteiger partial charge in [-0.05, 0) is 37.8 Å². The summed E-state index contributed by atoms with van der Waals surface area (Å²) in [5, 5.41) is 13.1. The minimum Gasteiger partial charge on any atom is -0.455 e. The first-order valence-electron chi connectivity index (χ1n) is 8.74. The standard InChI is InChI=1S/C18H24N2O5S/c1-12-5-3-4-6-16(12)19-17(21)11-25-18(22)13(2)26-15-9-7-14(8-10-15)20(23)24/h7-10,12-13,16H,3-6,11H2,1-2H3,(H,19,21)/t12-,13+,16-/m0/s1. The fourth-order valence-electron chi connectivity index (χ4n) is 2.93. The SMILES string of the molecule is C[C@@H](Sc1ccc([N+](=O)[O-])cc1)C(=O)OCC(=O)N[C@H]1CCCC[C@@H]1C. The van der Waals surface area contributed by atoms with Crippen LogP contribution < -0.4 is 5.32 Å². The lowest BCUT2D eigenvalue weighted by Crippen LogP contribution is -2.43. The van der Waals surface area contributed by atoms with Gasteiger partial charge in [-0.1, -0.05) is 19.8 Å². The molecule has 1 aliphatic rings. The molecule has 0 unspecified atom stereocenters. The molecule has 0 spiro atoms. The Balaban J connectivity index is 1.75. The molecule has 3 atom stereocenters. The summed E-state index contributed by atoms with van der Waals surface area (Å²) in [5.74, 6) is -0.315. The van der Waals surface area contributed by atoms with Gasteiger partial charge in [-0.25, -0.2) is 0 Å². The summed E-state index contributed by atoms with van der Waals surface area (Å²) in [6.07, 6.45) is 4.37. The van der Waals surface area contributed by atoms with Gasteiger partial charge in [0, 0.05) is 23.1 Å². The maximum Gasteiger partial charge on any atom is 0.319 e. The Labute approximate surface area is 157 Å². The van der Waals surface area contributed by atoms with Crippen LogP contribution in [0.15, 0.2) is 29.2 Å². The first kappa shape index (κ1) is 20.2. The zero-order valence-electron chi connectivity index (χ0n) is 15.0. The first-order valence-corrected chi connectivity index (χ1v) is 9.62. The third kappa shape index (κ3) is 6.01. The summed E-state index contributed by atoms with van der Waals surface area (Å²) < 4.78 is 5.10. The van der Waals surface area contributed by atoms with E-state index in [1.54, 1.807) is 19.1 Å². The van der Waals surface area contributed by atoms with E-state index in [4.69, 9.17) is 4.74 Å². The van der Waals surface area contributed by atoms with E-state index in [9.17, 15) is 19.7 Å². The van der Waals surface area contributed by atoms with Crippen LogP contribution >= 0.6 is 11.8 Å². The van der Waals surface area contributed by atoms with E-state index in [2.05, 4.69) is 12.2 Å². The van der Waals surface area contributed by atoms with E-state index in [-0.39, 0.29) is 24.2 Å². The Kier molecular flexibility index (Phi) is 7.44. The molecule has 0 aliphatic heterocycles. The van der Waals surface area contributed by atoms with Crippen LogP contribution in [0.25, 0.3) is 0 Å². The summed E-state index contributed by atoms with van der Waals surface area (Å²) in [5.41, 5.74) is -0.00167. The summed E-state index contributed by atoms with van der Waals surface area (Å²) in [6, 6.07) is 6.10. The molecular weight excluding hydrogens is 356 g/mol. The Hall–Kier alpha value is -2.09. The van der Waals surface area contributed by atoms with Crippen LogP contribution in [0.2, 0.25) is 0 Å². The lowest BCUT2D eigenvalue weighted by molar-refractivity contribution is -0.384.